The van der Waals surface area contributed by atoms with Crippen molar-refractivity contribution in [3.8, 4) is 11.4 Å². The van der Waals surface area contributed by atoms with E-state index in [2.05, 4.69) is 22.5 Å². The summed E-state index contributed by atoms with van der Waals surface area (Å²) in [5.74, 6) is 1.07. The molecule has 2 amide bonds. The second-order valence-corrected chi connectivity index (χ2v) is 13.0. The maximum Gasteiger partial charge on any atom is 0.319 e. The summed E-state index contributed by atoms with van der Waals surface area (Å²) in [6.07, 6.45) is 4.87. The van der Waals surface area contributed by atoms with Gasteiger partial charge in [0.1, 0.15) is 10.6 Å². The van der Waals surface area contributed by atoms with E-state index < -0.39 is 14.6 Å². The zero-order chi connectivity index (χ0) is 26.8. The molecule has 38 heavy (non-hydrogen) atoms. The number of anilines is 2. The number of hydrogen-bond donors (Lipinski definition) is 3. The third-order valence-electron chi connectivity index (χ3n) is 7.73. The SMILES string of the molecule is C[C@H]1COCCN1c1cc(C2(S(=O)(=O)CCCO)CCCC2)nc(-c2ccc(NC(=O)NC3CC3)cc2)n1. The first kappa shape index (κ1) is 26.8. The van der Waals surface area contributed by atoms with Gasteiger partial charge in [0, 0.05) is 36.5 Å². The van der Waals surface area contributed by atoms with E-state index >= 15 is 0 Å². The number of carbonyl (C=O) groups is 1. The van der Waals surface area contributed by atoms with E-state index in [1.54, 1.807) is 12.1 Å². The third-order valence-corrected chi connectivity index (χ3v) is 10.4. The highest BCUT2D eigenvalue weighted by atomic mass is 32.2. The summed E-state index contributed by atoms with van der Waals surface area (Å²) < 4.78 is 31.9. The lowest BCUT2D eigenvalue weighted by Crippen LogP contribution is -2.44. The summed E-state index contributed by atoms with van der Waals surface area (Å²) in [5, 5.41) is 15.1. The number of morpholine rings is 1. The quantitative estimate of drug-likeness (QED) is 0.439. The van der Waals surface area contributed by atoms with Crippen LogP contribution in [0.15, 0.2) is 30.3 Å². The molecule has 1 atom stereocenters. The molecule has 1 saturated heterocycles. The Kier molecular flexibility index (Phi) is 7.88. The first-order valence-electron chi connectivity index (χ1n) is 13.6. The molecular formula is C27H37N5O5S. The molecule has 1 aliphatic heterocycles. The van der Waals surface area contributed by atoms with E-state index in [-0.39, 0.29) is 36.9 Å². The van der Waals surface area contributed by atoms with Gasteiger partial charge in [-0.15, -0.1) is 0 Å². The second kappa shape index (κ2) is 11.2. The van der Waals surface area contributed by atoms with Crippen molar-refractivity contribution in [3.05, 3.63) is 36.0 Å². The minimum Gasteiger partial charge on any atom is -0.396 e. The monoisotopic (exact) mass is 543 g/mol. The summed E-state index contributed by atoms with van der Waals surface area (Å²) in [5.41, 5.74) is 1.92. The lowest BCUT2D eigenvalue weighted by molar-refractivity contribution is 0.0985. The molecule has 10 nitrogen and oxygen atoms in total. The molecule has 2 saturated carbocycles. The molecule has 5 rings (SSSR count). The third kappa shape index (κ3) is 5.64. The van der Waals surface area contributed by atoms with Crippen LogP contribution in [0, 0.1) is 0 Å². The van der Waals surface area contributed by atoms with Crippen LogP contribution in [0.25, 0.3) is 11.4 Å². The molecule has 0 radical (unpaired) electrons. The molecule has 11 heteroatoms. The molecule has 1 aromatic heterocycles. The van der Waals surface area contributed by atoms with Crippen molar-refractivity contribution in [2.75, 3.05) is 42.3 Å². The van der Waals surface area contributed by atoms with E-state index in [4.69, 9.17) is 14.7 Å². The lowest BCUT2D eigenvalue weighted by Gasteiger charge is -2.36. The van der Waals surface area contributed by atoms with E-state index in [0.717, 1.165) is 31.2 Å². The Bertz CT molecular complexity index is 1240. The highest BCUT2D eigenvalue weighted by molar-refractivity contribution is 7.92. The summed E-state index contributed by atoms with van der Waals surface area (Å²) >= 11 is 0. The van der Waals surface area contributed by atoms with Crippen LogP contribution in [0.3, 0.4) is 0 Å². The number of nitrogens with zero attached hydrogens (tertiary/aromatic N) is 3. The van der Waals surface area contributed by atoms with E-state index in [1.165, 1.54) is 0 Å². The molecule has 2 heterocycles. The van der Waals surface area contributed by atoms with Crippen LogP contribution in [-0.2, 0) is 19.3 Å². The number of nitrogens with one attached hydrogen (secondary N) is 2. The van der Waals surface area contributed by atoms with Crippen LogP contribution in [0.1, 0.15) is 57.6 Å². The van der Waals surface area contributed by atoms with Crippen LogP contribution in [0.4, 0.5) is 16.3 Å². The molecule has 206 valence electrons. The Labute approximate surface area is 224 Å². The standard InChI is InChI=1S/C27H37N5O5S/c1-19-18-37-15-13-32(19)24-17-23(27(11-2-3-12-27)38(35,36)16-4-14-33)30-25(31-24)20-5-7-21(8-6-20)28-26(34)29-22-9-10-22/h5-8,17,19,22,33H,2-4,9-16,18H2,1H3,(H2,28,29,34)/t19-/m0/s1. The first-order valence-corrected chi connectivity index (χ1v) is 15.2. The van der Waals surface area contributed by atoms with Crippen molar-refractivity contribution in [1.29, 1.82) is 0 Å². The smallest absolute Gasteiger partial charge is 0.319 e. The number of amides is 2. The van der Waals surface area contributed by atoms with Gasteiger partial charge in [-0.05, 0) is 63.3 Å². The van der Waals surface area contributed by atoms with Crippen molar-refractivity contribution in [2.24, 2.45) is 0 Å². The fourth-order valence-electron chi connectivity index (χ4n) is 5.42. The number of benzene rings is 1. The molecule has 3 aliphatic rings. The number of aromatic nitrogens is 2. The highest BCUT2D eigenvalue weighted by Crippen LogP contribution is 2.46. The topological polar surface area (TPSA) is 134 Å². The predicted molar refractivity (Wildman–Crippen MR) is 146 cm³/mol. The van der Waals surface area contributed by atoms with Gasteiger partial charge in [-0.2, -0.15) is 0 Å². The predicted octanol–water partition coefficient (Wildman–Crippen LogP) is 3.22. The summed E-state index contributed by atoms with van der Waals surface area (Å²) in [4.78, 5) is 24.0. The van der Waals surface area contributed by atoms with Crippen LogP contribution in [0.5, 0.6) is 0 Å². The normalized spacial score (nSPS) is 21.3. The maximum absolute atomic E-state index is 13.7. The van der Waals surface area contributed by atoms with Crippen molar-refractivity contribution < 1.29 is 23.1 Å². The Morgan fingerprint density at radius 1 is 1.18 bits per heavy atom. The summed E-state index contributed by atoms with van der Waals surface area (Å²) in [7, 11) is -3.57. The average molecular weight is 544 g/mol. The number of sulfone groups is 1. The maximum atomic E-state index is 13.7. The van der Waals surface area contributed by atoms with Gasteiger partial charge in [0.15, 0.2) is 15.7 Å². The molecule has 2 aromatic rings. The minimum atomic E-state index is -3.57. The van der Waals surface area contributed by atoms with Gasteiger partial charge in [0.25, 0.3) is 0 Å². The van der Waals surface area contributed by atoms with Gasteiger partial charge in [0.05, 0.1) is 30.7 Å². The summed E-state index contributed by atoms with van der Waals surface area (Å²) in [6.45, 7) is 3.69. The van der Waals surface area contributed by atoms with Gasteiger partial charge in [-0.1, -0.05) is 12.8 Å². The van der Waals surface area contributed by atoms with Gasteiger partial charge < -0.3 is 25.4 Å². The van der Waals surface area contributed by atoms with Crippen LogP contribution < -0.4 is 15.5 Å². The second-order valence-electron chi connectivity index (χ2n) is 10.6. The molecule has 0 bridgehead atoms. The van der Waals surface area contributed by atoms with Crippen molar-refractivity contribution in [2.45, 2.75) is 68.7 Å². The Hall–Kier alpha value is -2.76. The Balaban J connectivity index is 1.52. The number of carbonyl (C=O) groups excluding carboxylic acids is 1. The van der Waals surface area contributed by atoms with Crippen LogP contribution in [0.2, 0.25) is 0 Å². The number of aliphatic hydroxyl groups excluding tert-OH is 1. The number of rotatable bonds is 9. The molecule has 3 fully saturated rings. The number of ether oxygens (including phenoxy) is 1. The Morgan fingerprint density at radius 2 is 1.92 bits per heavy atom. The number of aliphatic hydroxyl groups is 1. The fourth-order valence-corrected chi connectivity index (χ4v) is 7.65. The fraction of sp³-hybridized carbons (Fsp3) is 0.593. The zero-order valence-electron chi connectivity index (χ0n) is 21.9. The number of urea groups is 1. The van der Waals surface area contributed by atoms with Crippen molar-refractivity contribution in [1.82, 2.24) is 15.3 Å². The molecule has 1 aromatic carbocycles. The molecule has 0 unspecified atom stereocenters. The molecular weight excluding hydrogens is 506 g/mol. The van der Waals surface area contributed by atoms with Gasteiger partial charge in [-0.3, -0.25) is 0 Å². The molecule has 2 aliphatic carbocycles. The van der Waals surface area contributed by atoms with Gasteiger partial charge in [0.2, 0.25) is 0 Å². The largest absolute Gasteiger partial charge is 0.396 e. The van der Waals surface area contributed by atoms with Gasteiger partial charge >= 0.3 is 6.03 Å². The van der Waals surface area contributed by atoms with Crippen LogP contribution >= 0.6 is 0 Å². The van der Waals surface area contributed by atoms with Crippen LogP contribution in [-0.4, -0.2) is 73.7 Å². The van der Waals surface area contributed by atoms with E-state index in [1.807, 2.05) is 18.2 Å². The van der Waals surface area contributed by atoms with Crippen molar-refractivity contribution in [3.63, 3.8) is 0 Å². The Morgan fingerprint density at radius 3 is 2.58 bits per heavy atom. The zero-order valence-corrected chi connectivity index (χ0v) is 22.7. The van der Waals surface area contributed by atoms with Gasteiger partial charge in [-0.25, -0.2) is 23.2 Å². The van der Waals surface area contributed by atoms with E-state index in [0.29, 0.717) is 55.6 Å². The lowest BCUT2D eigenvalue weighted by atomic mass is 10.0. The summed E-state index contributed by atoms with van der Waals surface area (Å²) in [6, 6.07) is 9.28. The minimum absolute atomic E-state index is 0.0740. The molecule has 3 N–H and O–H groups in total. The average Bonchev–Trinajstić information content (AvgIpc) is 3.57. The highest BCUT2D eigenvalue weighted by Gasteiger charge is 2.48. The molecule has 0 spiro atoms. The van der Waals surface area contributed by atoms with Crippen molar-refractivity contribution >= 4 is 27.4 Å². The van der Waals surface area contributed by atoms with E-state index in [9.17, 15) is 18.3 Å². The first-order chi connectivity index (χ1) is 18.3. The number of hydrogen-bond acceptors (Lipinski definition) is 8.